The van der Waals surface area contributed by atoms with E-state index >= 15 is 0 Å². The van der Waals surface area contributed by atoms with Crippen LogP contribution in [-0.2, 0) is 0 Å². The van der Waals surface area contributed by atoms with Crippen molar-refractivity contribution in [1.29, 1.82) is 0 Å². The zero-order valence-corrected chi connectivity index (χ0v) is 10.0. The van der Waals surface area contributed by atoms with Crippen molar-refractivity contribution in [3.63, 3.8) is 0 Å². The predicted octanol–water partition coefficient (Wildman–Crippen LogP) is 0.906. The second-order valence-corrected chi connectivity index (χ2v) is 4.48. The Morgan fingerprint density at radius 2 is 2.00 bits per heavy atom. The number of furan rings is 1. The number of rotatable bonds is 4. The van der Waals surface area contributed by atoms with Gasteiger partial charge in [-0.2, -0.15) is 0 Å². The molecule has 18 heavy (non-hydrogen) atoms. The van der Waals surface area contributed by atoms with Crippen LogP contribution in [0.25, 0.3) is 11.0 Å². The lowest BCUT2D eigenvalue weighted by molar-refractivity contribution is 0.0724. The molecule has 1 amide bonds. The first kappa shape index (κ1) is 12.6. The average molecular weight is 249 g/mol. The molecule has 0 unspecified atom stereocenters. The van der Waals surface area contributed by atoms with Crippen LogP contribution in [0.1, 0.15) is 17.3 Å². The normalized spacial score (nSPS) is 11.7. The van der Waals surface area contributed by atoms with Crippen molar-refractivity contribution in [3.8, 4) is 0 Å². The third-order valence-corrected chi connectivity index (χ3v) is 2.84. The molecular weight excluding hydrogens is 234 g/mol. The number of carbonyl (C=O) groups excluding carboxylic acids is 1. The molecule has 1 heterocycles. The molecule has 1 aromatic carbocycles. The Bertz CT molecular complexity index is 557. The molecule has 96 valence electrons. The number of hydrogen-bond acceptors (Lipinski definition) is 4. The number of nitrogens with one attached hydrogen (secondary N) is 1. The molecule has 2 rings (SSSR count). The van der Waals surface area contributed by atoms with Gasteiger partial charge in [0.2, 0.25) is 0 Å². The van der Waals surface area contributed by atoms with Crippen molar-refractivity contribution in [1.82, 2.24) is 5.32 Å². The second kappa shape index (κ2) is 4.80. The van der Waals surface area contributed by atoms with Crippen molar-refractivity contribution < 1.29 is 19.4 Å². The highest BCUT2D eigenvalue weighted by Crippen LogP contribution is 2.21. The molecule has 5 nitrogen and oxygen atoms in total. The van der Waals surface area contributed by atoms with Gasteiger partial charge in [-0.25, -0.2) is 0 Å². The van der Waals surface area contributed by atoms with Crippen molar-refractivity contribution in [3.05, 3.63) is 36.1 Å². The van der Waals surface area contributed by atoms with Crippen LogP contribution in [0.2, 0.25) is 0 Å². The number of aliphatic hydroxyl groups is 2. The maximum absolute atomic E-state index is 12.1. The Balaban J connectivity index is 2.29. The van der Waals surface area contributed by atoms with E-state index in [1.165, 1.54) is 6.26 Å². The lowest BCUT2D eigenvalue weighted by atomic mass is 10.0. The van der Waals surface area contributed by atoms with Gasteiger partial charge >= 0.3 is 0 Å². The van der Waals surface area contributed by atoms with Gasteiger partial charge in [0, 0.05) is 5.39 Å². The summed E-state index contributed by atoms with van der Waals surface area (Å²) in [7, 11) is 0. The minimum atomic E-state index is -1.05. The molecule has 2 aromatic rings. The largest absolute Gasteiger partial charge is 0.463 e. The van der Waals surface area contributed by atoms with Crippen molar-refractivity contribution >= 4 is 16.9 Å². The summed E-state index contributed by atoms with van der Waals surface area (Å²) in [5.41, 5.74) is -0.0359. The highest BCUT2D eigenvalue weighted by Gasteiger charge is 2.26. The predicted molar refractivity (Wildman–Crippen MR) is 66.3 cm³/mol. The van der Waals surface area contributed by atoms with Crippen LogP contribution in [-0.4, -0.2) is 34.9 Å². The number of fused-ring (bicyclic) bond motifs is 1. The van der Waals surface area contributed by atoms with Gasteiger partial charge in [-0.1, -0.05) is 18.2 Å². The number of benzene rings is 1. The third-order valence-electron chi connectivity index (χ3n) is 2.84. The topological polar surface area (TPSA) is 82.7 Å². The lowest BCUT2D eigenvalue weighted by Crippen LogP contribution is -2.51. The SMILES string of the molecule is CC(CO)(CO)NC(=O)c1coc2ccccc12. The Morgan fingerprint density at radius 1 is 1.33 bits per heavy atom. The van der Waals surface area contributed by atoms with Crippen molar-refractivity contribution in [2.75, 3.05) is 13.2 Å². The summed E-state index contributed by atoms with van der Waals surface area (Å²) in [6, 6.07) is 7.18. The third kappa shape index (κ3) is 2.23. The minimum absolute atomic E-state index is 0.342. The van der Waals surface area contributed by atoms with Crippen LogP contribution in [0, 0.1) is 0 Å². The minimum Gasteiger partial charge on any atom is -0.463 e. The first-order chi connectivity index (χ1) is 8.59. The lowest BCUT2D eigenvalue weighted by Gasteiger charge is -2.25. The molecule has 5 heteroatoms. The van der Waals surface area contributed by atoms with Gasteiger partial charge in [0.15, 0.2) is 0 Å². The smallest absolute Gasteiger partial charge is 0.255 e. The molecule has 0 atom stereocenters. The van der Waals surface area contributed by atoms with Crippen molar-refractivity contribution in [2.45, 2.75) is 12.5 Å². The molecule has 0 bridgehead atoms. The van der Waals surface area contributed by atoms with E-state index in [0.29, 0.717) is 16.5 Å². The fraction of sp³-hybridized carbons (Fsp3) is 0.308. The Labute approximate surface area is 104 Å². The number of hydrogen-bond donors (Lipinski definition) is 3. The molecule has 0 aliphatic carbocycles. The summed E-state index contributed by atoms with van der Waals surface area (Å²) in [5.74, 6) is -0.384. The van der Waals surface area contributed by atoms with E-state index in [9.17, 15) is 4.79 Å². The summed E-state index contributed by atoms with van der Waals surface area (Å²) in [6.45, 7) is 0.878. The molecule has 0 aliphatic heterocycles. The number of carbonyl (C=O) groups is 1. The van der Waals surface area contributed by atoms with Crippen LogP contribution in [0.3, 0.4) is 0 Å². The zero-order chi connectivity index (χ0) is 13.2. The number of amides is 1. The number of para-hydroxylation sites is 1. The first-order valence-corrected chi connectivity index (χ1v) is 5.60. The Hall–Kier alpha value is -1.85. The maximum Gasteiger partial charge on any atom is 0.255 e. The van der Waals surface area contributed by atoms with Crippen LogP contribution in [0.4, 0.5) is 0 Å². The van der Waals surface area contributed by atoms with Crippen LogP contribution < -0.4 is 5.32 Å². The highest BCUT2D eigenvalue weighted by atomic mass is 16.3. The zero-order valence-electron chi connectivity index (χ0n) is 10.0. The van der Waals surface area contributed by atoms with E-state index < -0.39 is 5.54 Å². The quantitative estimate of drug-likeness (QED) is 0.752. The molecule has 0 spiro atoms. The van der Waals surface area contributed by atoms with Crippen LogP contribution in [0.15, 0.2) is 34.9 Å². The molecule has 0 saturated heterocycles. The van der Waals surface area contributed by atoms with E-state index in [-0.39, 0.29) is 19.1 Å². The Kier molecular flexibility index (Phi) is 3.36. The van der Waals surface area contributed by atoms with E-state index in [1.54, 1.807) is 19.1 Å². The molecular formula is C13H15NO4. The average Bonchev–Trinajstić information content (AvgIpc) is 2.82. The highest BCUT2D eigenvalue weighted by molar-refractivity contribution is 6.06. The van der Waals surface area contributed by atoms with Gasteiger partial charge in [-0.3, -0.25) is 4.79 Å². The van der Waals surface area contributed by atoms with Crippen molar-refractivity contribution in [2.24, 2.45) is 0 Å². The van der Waals surface area contributed by atoms with E-state index in [1.807, 2.05) is 12.1 Å². The van der Waals surface area contributed by atoms with E-state index in [0.717, 1.165) is 0 Å². The fourth-order valence-corrected chi connectivity index (χ4v) is 1.62. The molecule has 0 fully saturated rings. The Morgan fingerprint density at radius 3 is 2.67 bits per heavy atom. The summed E-state index contributed by atoms with van der Waals surface area (Å²) in [5, 5.41) is 21.6. The summed E-state index contributed by atoms with van der Waals surface area (Å²) >= 11 is 0. The van der Waals surface area contributed by atoms with Gasteiger partial charge in [0.25, 0.3) is 5.91 Å². The van der Waals surface area contributed by atoms with Gasteiger partial charge < -0.3 is 19.9 Å². The monoisotopic (exact) mass is 249 g/mol. The second-order valence-electron chi connectivity index (χ2n) is 4.48. The van der Waals surface area contributed by atoms with E-state index in [4.69, 9.17) is 14.6 Å². The molecule has 3 N–H and O–H groups in total. The summed E-state index contributed by atoms with van der Waals surface area (Å²) in [4.78, 5) is 12.1. The fourth-order valence-electron chi connectivity index (χ4n) is 1.62. The van der Waals surface area contributed by atoms with Gasteiger partial charge in [0.05, 0.1) is 24.3 Å². The number of aliphatic hydroxyl groups excluding tert-OH is 2. The van der Waals surface area contributed by atoms with Gasteiger partial charge in [-0.15, -0.1) is 0 Å². The van der Waals surface area contributed by atoms with Crippen LogP contribution >= 0.6 is 0 Å². The summed E-state index contributed by atoms with van der Waals surface area (Å²) in [6.07, 6.45) is 1.37. The molecule has 0 radical (unpaired) electrons. The van der Waals surface area contributed by atoms with Gasteiger partial charge in [-0.05, 0) is 13.0 Å². The summed E-state index contributed by atoms with van der Waals surface area (Å²) < 4.78 is 5.27. The molecule has 0 aliphatic rings. The molecule has 1 aromatic heterocycles. The van der Waals surface area contributed by atoms with E-state index in [2.05, 4.69) is 5.32 Å². The van der Waals surface area contributed by atoms with Crippen LogP contribution in [0.5, 0.6) is 0 Å². The standard InChI is InChI=1S/C13H15NO4/c1-13(7-15,8-16)14-12(17)10-6-18-11-5-3-2-4-9(10)11/h2-6,15-16H,7-8H2,1H3,(H,14,17). The first-order valence-electron chi connectivity index (χ1n) is 5.60. The maximum atomic E-state index is 12.1. The molecule has 0 saturated carbocycles. The van der Waals surface area contributed by atoms with Gasteiger partial charge in [0.1, 0.15) is 11.8 Å².